The van der Waals surface area contributed by atoms with Crippen LogP contribution in [-0.2, 0) is 14.4 Å². The van der Waals surface area contributed by atoms with Crippen molar-refractivity contribution < 1.29 is 24.6 Å². The molecular weight excluding hydrogens is 188 g/mol. The van der Waals surface area contributed by atoms with Crippen LogP contribution >= 0.6 is 0 Å². The van der Waals surface area contributed by atoms with E-state index in [9.17, 15) is 14.4 Å². The first kappa shape index (κ1) is 12.3. The molecule has 0 saturated heterocycles. The van der Waals surface area contributed by atoms with Gasteiger partial charge in [-0.05, 0) is 12.5 Å². The lowest BCUT2D eigenvalue weighted by Gasteiger charge is -2.11. The summed E-state index contributed by atoms with van der Waals surface area (Å²) in [6, 6.07) is 0. The SMILES string of the molecule is CC=C(C=O)C(CC(=O)O)CC(=O)O. The molecule has 0 aromatic heterocycles. The molecule has 0 spiro atoms. The Morgan fingerprint density at radius 3 is 1.86 bits per heavy atom. The van der Waals surface area contributed by atoms with Gasteiger partial charge in [0.05, 0.1) is 12.8 Å². The predicted octanol–water partition coefficient (Wildman–Crippen LogP) is 0.697. The first-order valence-corrected chi connectivity index (χ1v) is 4.06. The molecule has 0 heterocycles. The molecule has 0 aliphatic heterocycles. The Bertz CT molecular complexity index is 250. The van der Waals surface area contributed by atoms with Crippen LogP contribution in [0.25, 0.3) is 0 Å². The van der Waals surface area contributed by atoms with E-state index in [1.807, 2.05) is 0 Å². The van der Waals surface area contributed by atoms with Gasteiger partial charge in [0.1, 0.15) is 6.29 Å². The van der Waals surface area contributed by atoms with Gasteiger partial charge in [0.2, 0.25) is 0 Å². The molecule has 0 amide bonds. The topological polar surface area (TPSA) is 91.7 Å². The summed E-state index contributed by atoms with van der Waals surface area (Å²) >= 11 is 0. The second-order valence-electron chi connectivity index (χ2n) is 2.80. The molecule has 0 saturated carbocycles. The van der Waals surface area contributed by atoms with Crippen LogP contribution < -0.4 is 0 Å². The molecule has 0 unspecified atom stereocenters. The molecule has 5 nitrogen and oxygen atoms in total. The number of carbonyl (C=O) groups excluding carboxylic acids is 1. The predicted molar refractivity (Wildman–Crippen MR) is 47.8 cm³/mol. The van der Waals surface area contributed by atoms with Crippen LogP contribution in [0.4, 0.5) is 0 Å². The fourth-order valence-corrected chi connectivity index (χ4v) is 1.13. The van der Waals surface area contributed by atoms with Crippen LogP contribution in [0.2, 0.25) is 0 Å². The summed E-state index contributed by atoms with van der Waals surface area (Å²) in [7, 11) is 0. The third-order valence-electron chi connectivity index (χ3n) is 1.78. The average molecular weight is 200 g/mol. The number of aliphatic carboxylic acids is 2. The fourth-order valence-electron chi connectivity index (χ4n) is 1.13. The molecule has 2 N–H and O–H groups in total. The van der Waals surface area contributed by atoms with Crippen LogP contribution in [-0.4, -0.2) is 28.4 Å². The van der Waals surface area contributed by atoms with E-state index in [4.69, 9.17) is 10.2 Å². The summed E-state index contributed by atoms with van der Waals surface area (Å²) in [5.41, 5.74) is 0.217. The molecule has 0 aromatic rings. The van der Waals surface area contributed by atoms with E-state index in [1.165, 1.54) is 6.08 Å². The van der Waals surface area contributed by atoms with E-state index in [0.717, 1.165) is 0 Å². The van der Waals surface area contributed by atoms with Crippen molar-refractivity contribution in [1.82, 2.24) is 0 Å². The molecule has 0 bridgehead atoms. The lowest BCUT2D eigenvalue weighted by Crippen LogP contribution is -2.15. The zero-order chi connectivity index (χ0) is 11.1. The highest BCUT2D eigenvalue weighted by molar-refractivity contribution is 5.79. The Hall–Kier alpha value is -1.65. The zero-order valence-electron chi connectivity index (χ0n) is 7.77. The van der Waals surface area contributed by atoms with Gasteiger partial charge in [-0.25, -0.2) is 0 Å². The Labute approximate surface area is 81.0 Å². The maximum atomic E-state index is 10.5. The van der Waals surface area contributed by atoms with E-state index >= 15 is 0 Å². The first-order chi connectivity index (χ1) is 6.51. The number of carboxylic acids is 2. The number of carboxylic acid groups (broad SMARTS) is 2. The van der Waals surface area contributed by atoms with E-state index in [0.29, 0.717) is 6.29 Å². The van der Waals surface area contributed by atoms with Gasteiger partial charge in [0, 0.05) is 5.92 Å². The minimum absolute atomic E-state index is 0.217. The third-order valence-corrected chi connectivity index (χ3v) is 1.78. The minimum Gasteiger partial charge on any atom is -0.481 e. The number of carbonyl (C=O) groups is 3. The van der Waals surface area contributed by atoms with Crippen LogP contribution in [0, 0.1) is 5.92 Å². The minimum atomic E-state index is -1.11. The summed E-state index contributed by atoms with van der Waals surface area (Å²) < 4.78 is 0. The Balaban J connectivity index is 4.60. The van der Waals surface area contributed by atoms with Crippen molar-refractivity contribution in [3.63, 3.8) is 0 Å². The van der Waals surface area contributed by atoms with Gasteiger partial charge in [-0.1, -0.05) is 6.08 Å². The van der Waals surface area contributed by atoms with E-state index in [1.54, 1.807) is 6.92 Å². The van der Waals surface area contributed by atoms with Gasteiger partial charge in [-0.15, -0.1) is 0 Å². The number of aldehydes is 1. The van der Waals surface area contributed by atoms with E-state index < -0.39 is 17.9 Å². The smallest absolute Gasteiger partial charge is 0.303 e. The number of hydrogen-bond acceptors (Lipinski definition) is 3. The maximum absolute atomic E-state index is 10.5. The molecule has 0 fully saturated rings. The lowest BCUT2D eigenvalue weighted by molar-refractivity contribution is -0.140. The maximum Gasteiger partial charge on any atom is 0.303 e. The summed E-state index contributed by atoms with van der Waals surface area (Å²) in [6.45, 7) is 1.57. The molecule has 5 heteroatoms. The highest BCUT2D eigenvalue weighted by Crippen LogP contribution is 2.17. The molecule has 78 valence electrons. The molecule has 14 heavy (non-hydrogen) atoms. The fraction of sp³-hybridized carbons (Fsp3) is 0.444. The summed E-state index contributed by atoms with van der Waals surface area (Å²) in [5, 5.41) is 17.0. The summed E-state index contributed by atoms with van der Waals surface area (Å²) in [5.74, 6) is -2.97. The third kappa shape index (κ3) is 4.39. The quantitative estimate of drug-likeness (QED) is 0.486. The van der Waals surface area contributed by atoms with Crippen LogP contribution in [0.15, 0.2) is 11.6 Å². The number of rotatable bonds is 6. The van der Waals surface area contributed by atoms with Gasteiger partial charge in [-0.2, -0.15) is 0 Å². The molecule has 0 aromatic carbocycles. The Morgan fingerprint density at radius 2 is 1.64 bits per heavy atom. The molecule has 0 aliphatic carbocycles. The van der Waals surface area contributed by atoms with Gasteiger partial charge < -0.3 is 10.2 Å². The summed E-state index contributed by atoms with van der Waals surface area (Å²) in [6.07, 6.45) is 1.25. The monoisotopic (exact) mass is 200 g/mol. The second kappa shape index (κ2) is 5.90. The number of hydrogen-bond donors (Lipinski definition) is 2. The molecular formula is C9H12O5. The largest absolute Gasteiger partial charge is 0.481 e. The van der Waals surface area contributed by atoms with Gasteiger partial charge in [0.15, 0.2) is 0 Å². The zero-order valence-corrected chi connectivity index (χ0v) is 7.77. The van der Waals surface area contributed by atoms with Crippen molar-refractivity contribution in [2.45, 2.75) is 19.8 Å². The summed E-state index contributed by atoms with van der Waals surface area (Å²) in [4.78, 5) is 31.3. The average Bonchev–Trinajstić information content (AvgIpc) is 2.03. The number of allylic oxidation sites excluding steroid dienone is 2. The highest BCUT2D eigenvalue weighted by atomic mass is 16.4. The van der Waals surface area contributed by atoms with Crippen LogP contribution in [0.1, 0.15) is 19.8 Å². The van der Waals surface area contributed by atoms with Crippen LogP contribution in [0.3, 0.4) is 0 Å². The molecule has 0 rings (SSSR count). The second-order valence-corrected chi connectivity index (χ2v) is 2.80. The van der Waals surface area contributed by atoms with Crippen LogP contribution in [0.5, 0.6) is 0 Å². The highest BCUT2D eigenvalue weighted by Gasteiger charge is 2.20. The Morgan fingerprint density at radius 1 is 1.21 bits per heavy atom. The molecule has 0 radical (unpaired) electrons. The van der Waals surface area contributed by atoms with Crippen molar-refractivity contribution in [2.75, 3.05) is 0 Å². The van der Waals surface area contributed by atoms with Gasteiger partial charge >= 0.3 is 11.9 Å². The Kier molecular flexibility index (Phi) is 5.21. The van der Waals surface area contributed by atoms with Crippen molar-refractivity contribution in [2.24, 2.45) is 5.92 Å². The van der Waals surface area contributed by atoms with Crippen molar-refractivity contribution >= 4 is 18.2 Å². The normalized spacial score (nSPS) is 11.4. The van der Waals surface area contributed by atoms with Crippen molar-refractivity contribution in [3.05, 3.63) is 11.6 Å². The van der Waals surface area contributed by atoms with Gasteiger partial charge in [-0.3, -0.25) is 14.4 Å². The molecule has 0 aliphatic rings. The van der Waals surface area contributed by atoms with Gasteiger partial charge in [0.25, 0.3) is 0 Å². The molecule has 0 atom stereocenters. The lowest BCUT2D eigenvalue weighted by atomic mass is 9.93. The van der Waals surface area contributed by atoms with Crippen molar-refractivity contribution in [1.29, 1.82) is 0 Å². The standard InChI is InChI=1S/C9H12O5/c1-2-6(5-10)7(3-8(11)12)4-9(13)14/h2,5,7H,3-4H2,1H3,(H,11,12)(H,13,14). The first-order valence-electron chi connectivity index (χ1n) is 4.06. The van der Waals surface area contributed by atoms with E-state index in [-0.39, 0.29) is 18.4 Å². The van der Waals surface area contributed by atoms with Crippen molar-refractivity contribution in [3.8, 4) is 0 Å². The van der Waals surface area contributed by atoms with E-state index in [2.05, 4.69) is 0 Å².